The van der Waals surface area contributed by atoms with E-state index in [-0.39, 0.29) is 11.9 Å². The molecule has 1 amide bonds. The molecule has 0 aromatic heterocycles. The van der Waals surface area contributed by atoms with Crippen LogP contribution < -0.4 is 20.5 Å². The lowest BCUT2D eigenvalue weighted by molar-refractivity contribution is 0.0941. The molecule has 1 heterocycles. The van der Waals surface area contributed by atoms with Gasteiger partial charge in [0.25, 0.3) is 5.91 Å². The van der Waals surface area contributed by atoms with Crippen LogP contribution in [0.15, 0.2) is 18.2 Å². The Morgan fingerprint density at radius 2 is 2.05 bits per heavy atom. The van der Waals surface area contributed by atoms with Crippen molar-refractivity contribution in [3.63, 3.8) is 0 Å². The molecule has 1 aliphatic heterocycles. The second-order valence-electron chi connectivity index (χ2n) is 5.86. The van der Waals surface area contributed by atoms with Gasteiger partial charge in [-0.3, -0.25) is 4.79 Å². The van der Waals surface area contributed by atoms with Gasteiger partial charge in [-0.05, 0) is 43.4 Å². The third-order valence-electron chi connectivity index (χ3n) is 4.18. The van der Waals surface area contributed by atoms with Gasteiger partial charge in [0.1, 0.15) is 13.2 Å². The monoisotopic (exact) mass is 290 g/mol. The SMILES string of the molecule is NC1CCCC(CNC(=O)c2ccc3c(c2)OCCO3)C1. The van der Waals surface area contributed by atoms with E-state index in [1.54, 1.807) is 18.2 Å². The average Bonchev–Trinajstić information content (AvgIpc) is 2.52. The molecule has 0 bridgehead atoms. The summed E-state index contributed by atoms with van der Waals surface area (Å²) in [6, 6.07) is 5.60. The molecule has 2 aliphatic rings. The second kappa shape index (κ2) is 6.35. The highest BCUT2D eigenvalue weighted by atomic mass is 16.6. The molecule has 5 nitrogen and oxygen atoms in total. The molecular weight excluding hydrogens is 268 g/mol. The molecule has 21 heavy (non-hydrogen) atoms. The number of nitrogens with one attached hydrogen (secondary N) is 1. The summed E-state index contributed by atoms with van der Waals surface area (Å²) < 4.78 is 11.0. The Morgan fingerprint density at radius 3 is 2.86 bits per heavy atom. The smallest absolute Gasteiger partial charge is 0.251 e. The molecule has 2 atom stereocenters. The van der Waals surface area contributed by atoms with Gasteiger partial charge in [-0.15, -0.1) is 0 Å². The predicted octanol–water partition coefficient (Wildman–Crippen LogP) is 1.71. The fourth-order valence-corrected chi connectivity index (χ4v) is 3.04. The van der Waals surface area contributed by atoms with E-state index in [1.165, 1.54) is 0 Å². The minimum atomic E-state index is -0.0638. The van der Waals surface area contributed by atoms with Gasteiger partial charge in [0.05, 0.1) is 0 Å². The van der Waals surface area contributed by atoms with Gasteiger partial charge in [-0.2, -0.15) is 0 Å². The average molecular weight is 290 g/mol. The van der Waals surface area contributed by atoms with Crippen LogP contribution in [-0.2, 0) is 0 Å². The highest BCUT2D eigenvalue weighted by Gasteiger charge is 2.20. The van der Waals surface area contributed by atoms with Crippen LogP contribution in [0.1, 0.15) is 36.0 Å². The molecule has 1 fully saturated rings. The molecule has 114 valence electrons. The maximum atomic E-state index is 12.2. The molecule has 0 radical (unpaired) electrons. The summed E-state index contributed by atoms with van der Waals surface area (Å²) in [5, 5.41) is 3.01. The lowest BCUT2D eigenvalue weighted by Crippen LogP contribution is -2.35. The third kappa shape index (κ3) is 3.47. The Labute approximate surface area is 124 Å². The van der Waals surface area contributed by atoms with Crippen LogP contribution in [0.5, 0.6) is 11.5 Å². The molecule has 3 rings (SSSR count). The van der Waals surface area contributed by atoms with Crippen LogP contribution in [0.25, 0.3) is 0 Å². The molecular formula is C16H22N2O3. The maximum Gasteiger partial charge on any atom is 0.251 e. The quantitative estimate of drug-likeness (QED) is 0.888. The number of amides is 1. The number of rotatable bonds is 3. The first-order valence-electron chi connectivity index (χ1n) is 7.66. The number of hydrogen-bond acceptors (Lipinski definition) is 4. The minimum absolute atomic E-state index is 0.0638. The van der Waals surface area contributed by atoms with Gasteiger partial charge >= 0.3 is 0 Å². The lowest BCUT2D eigenvalue weighted by atomic mass is 9.86. The van der Waals surface area contributed by atoms with Crippen molar-refractivity contribution in [1.82, 2.24) is 5.32 Å². The number of hydrogen-bond donors (Lipinski definition) is 2. The van der Waals surface area contributed by atoms with Crippen LogP contribution in [0.2, 0.25) is 0 Å². The molecule has 3 N–H and O–H groups in total. The summed E-state index contributed by atoms with van der Waals surface area (Å²) in [6.45, 7) is 1.78. The molecule has 1 aromatic carbocycles. The number of ether oxygens (including phenoxy) is 2. The van der Waals surface area contributed by atoms with Gasteiger partial charge < -0.3 is 20.5 Å². The first-order valence-corrected chi connectivity index (χ1v) is 7.66. The van der Waals surface area contributed by atoms with Gasteiger partial charge in [-0.1, -0.05) is 6.42 Å². The van der Waals surface area contributed by atoms with Crippen LogP contribution in [-0.4, -0.2) is 31.7 Å². The van der Waals surface area contributed by atoms with Crippen molar-refractivity contribution in [2.75, 3.05) is 19.8 Å². The van der Waals surface area contributed by atoms with E-state index < -0.39 is 0 Å². The summed E-state index contributed by atoms with van der Waals surface area (Å²) >= 11 is 0. The largest absolute Gasteiger partial charge is 0.486 e. The predicted molar refractivity (Wildman–Crippen MR) is 79.7 cm³/mol. The zero-order valence-corrected chi connectivity index (χ0v) is 12.1. The summed E-state index contributed by atoms with van der Waals surface area (Å²) in [5.74, 6) is 1.78. The second-order valence-corrected chi connectivity index (χ2v) is 5.86. The van der Waals surface area contributed by atoms with E-state index >= 15 is 0 Å². The Bertz CT molecular complexity index is 518. The van der Waals surface area contributed by atoms with E-state index in [4.69, 9.17) is 15.2 Å². The zero-order chi connectivity index (χ0) is 14.7. The van der Waals surface area contributed by atoms with Gasteiger partial charge in [0.2, 0.25) is 0 Å². The van der Waals surface area contributed by atoms with Crippen molar-refractivity contribution in [3.8, 4) is 11.5 Å². The number of fused-ring (bicyclic) bond motifs is 1. The lowest BCUT2D eigenvalue weighted by Gasteiger charge is -2.26. The molecule has 2 unspecified atom stereocenters. The molecule has 1 saturated carbocycles. The summed E-state index contributed by atoms with van der Waals surface area (Å²) in [4.78, 5) is 12.2. The molecule has 0 spiro atoms. The maximum absolute atomic E-state index is 12.2. The minimum Gasteiger partial charge on any atom is -0.486 e. The fourth-order valence-electron chi connectivity index (χ4n) is 3.04. The summed E-state index contributed by atoms with van der Waals surface area (Å²) in [5.41, 5.74) is 6.59. The topological polar surface area (TPSA) is 73.6 Å². The Morgan fingerprint density at radius 1 is 1.24 bits per heavy atom. The molecule has 5 heteroatoms. The summed E-state index contributed by atoms with van der Waals surface area (Å²) in [7, 11) is 0. The van der Waals surface area contributed by atoms with Crippen LogP contribution in [0.4, 0.5) is 0 Å². The number of carbonyl (C=O) groups excluding carboxylic acids is 1. The Hall–Kier alpha value is -1.75. The van der Waals surface area contributed by atoms with Gasteiger partial charge in [0, 0.05) is 18.2 Å². The van der Waals surface area contributed by atoms with Crippen LogP contribution >= 0.6 is 0 Å². The third-order valence-corrected chi connectivity index (χ3v) is 4.18. The van der Waals surface area contributed by atoms with E-state index in [2.05, 4.69) is 5.32 Å². The normalized spacial score (nSPS) is 24.4. The van der Waals surface area contributed by atoms with E-state index in [1.807, 2.05) is 0 Å². The number of nitrogens with two attached hydrogens (primary N) is 1. The van der Waals surface area contributed by atoms with Crippen molar-refractivity contribution < 1.29 is 14.3 Å². The van der Waals surface area contributed by atoms with Crippen LogP contribution in [0.3, 0.4) is 0 Å². The van der Waals surface area contributed by atoms with Crippen molar-refractivity contribution >= 4 is 5.91 Å². The van der Waals surface area contributed by atoms with E-state index in [0.29, 0.717) is 42.7 Å². The Kier molecular flexibility index (Phi) is 4.29. The number of benzene rings is 1. The highest BCUT2D eigenvalue weighted by Crippen LogP contribution is 2.30. The molecule has 1 aliphatic carbocycles. The van der Waals surface area contributed by atoms with Crippen molar-refractivity contribution in [2.24, 2.45) is 11.7 Å². The number of carbonyl (C=O) groups is 1. The van der Waals surface area contributed by atoms with Crippen molar-refractivity contribution in [1.29, 1.82) is 0 Å². The van der Waals surface area contributed by atoms with Crippen molar-refractivity contribution in [3.05, 3.63) is 23.8 Å². The molecule has 0 saturated heterocycles. The summed E-state index contributed by atoms with van der Waals surface area (Å²) in [6.07, 6.45) is 4.41. The van der Waals surface area contributed by atoms with E-state index in [0.717, 1.165) is 25.7 Å². The van der Waals surface area contributed by atoms with Gasteiger partial charge in [-0.25, -0.2) is 0 Å². The van der Waals surface area contributed by atoms with Crippen LogP contribution in [0, 0.1) is 5.92 Å². The Balaban J connectivity index is 1.57. The fraction of sp³-hybridized carbons (Fsp3) is 0.562. The zero-order valence-electron chi connectivity index (χ0n) is 12.1. The first kappa shape index (κ1) is 14.2. The van der Waals surface area contributed by atoms with E-state index in [9.17, 15) is 4.79 Å². The molecule has 1 aromatic rings. The first-order chi connectivity index (χ1) is 10.2. The highest BCUT2D eigenvalue weighted by molar-refractivity contribution is 5.94. The standard InChI is InChI=1S/C16H22N2O3/c17-13-3-1-2-11(8-13)10-18-16(19)12-4-5-14-15(9-12)21-7-6-20-14/h4-5,9,11,13H,1-3,6-8,10,17H2,(H,18,19). The van der Waals surface area contributed by atoms with Gasteiger partial charge in [0.15, 0.2) is 11.5 Å². The van der Waals surface area contributed by atoms with Crippen molar-refractivity contribution in [2.45, 2.75) is 31.7 Å².